The highest BCUT2D eigenvalue weighted by atomic mass is 16.5. The maximum atomic E-state index is 10.9. The minimum absolute atomic E-state index is 0.396. The maximum Gasteiger partial charge on any atom is 0.330 e. The van der Waals surface area contributed by atoms with Crippen molar-refractivity contribution < 1.29 is 14.3 Å². The lowest BCUT2D eigenvalue weighted by Gasteiger charge is -2.06. The summed E-state index contributed by atoms with van der Waals surface area (Å²) >= 11 is 0. The van der Waals surface area contributed by atoms with Crippen LogP contribution in [-0.4, -0.2) is 19.7 Å². The Hall–Kier alpha value is -1.97. The highest BCUT2D eigenvalue weighted by Gasteiger charge is 2.00. The number of nitrogens with two attached hydrogens (primary N) is 1. The summed E-state index contributed by atoms with van der Waals surface area (Å²) < 4.78 is 9.78. The van der Waals surface area contributed by atoms with Gasteiger partial charge in [0.15, 0.2) is 0 Å². The van der Waals surface area contributed by atoms with Crippen LogP contribution in [0.3, 0.4) is 0 Å². The number of nitrogen functional groups attached to an aromatic ring is 1. The number of hydrogen-bond acceptors (Lipinski definition) is 4. The Kier molecular flexibility index (Phi) is 4.39. The SMILES string of the molecule is CCOc1ccc(/C=C\C(=O)OC)cc1N. The maximum absolute atomic E-state index is 10.9. The molecule has 0 unspecified atom stereocenters. The Labute approximate surface area is 94.7 Å². The lowest BCUT2D eigenvalue weighted by molar-refractivity contribution is -0.134. The quantitative estimate of drug-likeness (QED) is 0.479. The topological polar surface area (TPSA) is 61.5 Å². The average Bonchev–Trinajstić information content (AvgIpc) is 2.29. The Balaban J connectivity index is 2.81. The molecular weight excluding hydrogens is 206 g/mol. The zero-order valence-electron chi connectivity index (χ0n) is 9.40. The van der Waals surface area contributed by atoms with E-state index >= 15 is 0 Å². The van der Waals surface area contributed by atoms with Gasteiger partial charge >= 0.3 is 5.97 Å². The van der Waals surface area contributed by atoms with Gasteiger partial charge in [0, 0.05) is 6.08 Å². The van der Waals surface area contributed by atoms with Crippen LogP contribution in [0.1, 0.15) is 12.5 Å². The van der Waals surface area contributed by atoms with Crippen molar-refractivity contribution >= 4 is 17.7 Å². The van der Waals surface area contributed by atoms with E-state index in [1.165, 1.54) is 13.2 Å². The summed E-state index contributed by atoms with van der Waals surface area (Å²) in [4.78, 5) is 10.9. The molecule has 4 nitrogen and oxygen atoms in total. The largest absolute Gasteiger partial charge is 0.492 e. The second kappa shape index (κ2) is 5.80. The van der Waals surface area contributed by atoms with E-state index in [0.29, 0.717) is 18.0 Å². The van der Waals surface area contributed by atoms with E-state index in [9.17, 15) is 4.79 Å². The number of carbonyl (C=O) groups excluding carboxylic acids is 1. The fourth-order valence-corrected chi connectivity index (χ4v) is 1.19. The molecule has 0 fully saturated rings. The van der Waals surface area contributed by atoms with Crippen molar-refractivity contribution in [3.63, 3.8) is 0 Å². The van der Waals surface area contributed by atoms with Crippen molar-refractivity contribution in [3.05, 3.63) is 29.8 Å². The summed E-state index contributed by atoms with van der Waals surface area (Å²) in [5.74, 6) is 0.255. The third-order valence-electron chi connectivity index (χ3n) is 1.95. The zero-order valence-corrected chi connectivity index (χ0v) is 9.40. The van der Waals surface area contributed by atoms with E-state index in [1.807, 2.05) is 13.0 Å². The fraction of sp³-hybridized carbons (Fsp3) is 0.250. The van der Waals surface area contributed by atoms with Crippen LogP contribution in [-0.2, 0) is 9.53 Å². The van der Waals surface area contributed by atoms with Gasteiger partial charge in [0.2, 0.25) is 0 Å². The van der Waals surface area contributed by atoms with Gasteiger partial charge < -0.3 is 15.2 Å². The normalized spacial score (nSPS) is 10.4. The zero-order chi connectivity index (χ0) is 12.0. The predicted molar refractivity (Wildman–Crippen MR) is 63.1 cm³/mol. The Bertz CT molecular complexity index is 399. The van der Waals surface area contributed by atoms with Crippen LogP contribution in [0.15, 0.2) is 24.3 Å². The standard InChI is InChI=1S/C12H15NO3/c1-3-16-11-6-4-9(8-10(11)13)5-7-12(14)15-2/h4-8H,3,13H2,1-2H3/b7-5-. The summed E-state index contributed by atoms with van der Waals surface area (Å²) in [5, 5.41) is 0. The highest BCUT2D eigenvalue weighted by Crippen LogP contribution is 2.22. The van der Waals surface area contributed by atoms with Gasteiger partial charge in [-0.1, -0.05) is 6.07 Å². The molecule has 1 rings (SSSR count). The summed E-state index contributed by atoms with van der Waals surface area (Å²) in [6.07, 6.45) is 2.98. The molecule has 2 N–H and O–H groups in total. The molecule has 0 radical (unpaired) electrons. The second-order valence-corrected chi connectivity index (χ2v) is 3.09. The van der Waals surface area contributed by atoms with Crippen molar-refractivity contribution in [1.29, 1.82) is 0 Å². The van der Waals surface area contributed by atoms with E-state index in [4.69, 9.17) is 10.5 Å². The van der Waals surface area contributed by atoms with Crippen LogP contribution in [0.4, 0.5) is 5.69 Å². The smallest absolute Gasteiger partial charge is 0.330 e. The van der Waals surface area contributed by atoms with Crippen LogP contribution in [0.25, 0.3) is 6.08 Å². The van der Waals surface area contributed by atoms with Crippen molar-refractivity contribution in [3.8, 4) is 5.75 Å². The van der Waals surface area contributed by atoms with Gasteiger partial charge in [-0.3, -0.25) is 0 Å². The number of carbonyl (C=O) groups is 1. The molecule has 0 amide bonds. The third-order valence-corrected chi connectivity index (χ3v) is 1.95. The van der Waals surface area contributed by atoms with Crippen LogP contribution >= 0.6 is 0 Å². The lowest BCUT2D eigenvalue weighted by Crippen LogP contribution is -1.97. The Morgan fingerprint density at radius 3 is 2.81 bits per heavy atom. The highest BCUT2D eigenvalue weighted by molar-refractivity contribution is 5.87. The van der Waals surface area contributed by atoms with Crippen LogP contribution in [0, 0.1) is 0 Å². The second-order valence-electron chi connectivity index (χ2n) is 3.09. The molecule has 0 saturated carbocycles. The van der Waals surface area contributed by atoms with E-state index in [1.54, 1.807) is 18.2 Å². The Morgan fingerprint density at radius 1 is 1.50 bits per heavy atom. The van der Waals surface area contributed by atoms with Crippen molar-refractivity contribution in [2.45, 2.75) is 6.92 Å². The minimum Gasteiger partial charge on any atom is -0.492 e. The van der Waals surface area contributed by atoms with E-state index in [0.717, 1.165) is 5.56 Å². The molecule has 0 aromatic heterocycles. The molecule has 0 saturated heterocycles. The first-order valence-electron chi connectivity index (χ1n) is 4.95. The monoisotopic (exact) mass is 221 g/mol. The molecule has 1 aromatic carbocycles. The summed E-state index contributed by atoms with van der Waals surface area (Å²) in [6, 6.07) is 5.33. The van der Waals surface area contributed by atoms with Crippen molar-refractivity contribution in [2.24, 2.45) is 0 Å². The molecule has 0 aliphatic rings. The molecule has 0 atom stereocenters. The number of methoxy groups -OCH3 is 1. The molecule has 0 bridgehead atoms. The Morgan fingerprint density at radius 2 is 2.25 bits per heavy atom. The molecule has 0 aliphatic heterocycles. The predicted octanol–water partition coefficient (Wildman–Crippen LogP) is 1.85. The molecule has 86 valence electrons. The molecule has 0 heterocycles. The van der Waals surface area contributed by atoms with Crippen LogP contribution < -0.4 is 10.5 Å². The van der Waals surface area contributed by atoms with Crippen molar-refractivity contribution in [1.82, 2.24) is 0 Å². The van der Waals surface area contributed by atoms with Gasteiger partial charge in [0.1, 0.15) is 5.75 Å². The first-order valence-corrected chi connectivity index (χ1v) is 4.95. The summed E-state index contributed by atoms with van der Waals surface area (Å²) in [5.41, 5.74) is 7.15. The molecule has 0 spiro atoms. The summed E-state index contributed by atoms with van der Waals surface area (Å²) in [7, 11) is 1.33. The van der Waals surface area contributed by atoms with Gasteiger partial charge in [-0.25, -0.2) is 4.79 Å². The molecular formula is C12H15NO3. The van der Waals surface area contributed by atoms with Gasteiger partial charge in [0.25, 0.3) is 0 Å². The average molecular weight is 221 g/mol. The minimum atomic E-state index is -0.396. The molecule has 4 heteroatoms. The van der Waals surface area contributed by atoms with Crippen molar-refractivity contribution in [2.75, 3.05) is 19.5 Å². The first kappa shape index (κ1) is 12.1. The lowest BCUT2D eigenvalue weighted by atomic mass is 10.2. The summed E-state index contributed by atoms with van der Waals surface area (Å²) in [6.45, 7) is 2.46. The molecule has 0 aliphatic carbocycles. The van der Waals surface area contributed by atoms with Gasteiger partial charge in [-0.05, 0) is 30.7 Å². The van der Waals surface area contributed by atoms with Gasteiger partial charge in [0.05, 0.1) is 19.4 Å². The van der Waals surface area contributed by atoms with E-state index in [2.05, 4.69) is 4.74 Å². The number of benzene rings is 1. The number of esters is 1. The number of anilines is 1. The number of hydrogen-bond donors (Lipinski definition) is 1. The van der Waals surface area contributed by atoms with Gasteiger partial charge in [-0.2, -0.15) is 0 Å². The number of ether oxygens (including phenoxy) is 2. The fourth-order valence-electron chi connectivity index (χ4n) is 1.19. The van der Waals surface area contributed by atoms with Crippen LogP contribution in [0.5, 0.6) is 5.75 Å². The first-order chi connectivity index (χ1) is 7.67. The van der Waals surface area contributed by atoms with Crippen LogP contribution in [0.2, 0.25) is 0 Å². The van der Waals surface area contributed by atoms with Gasteiger partial charge in [-0.15, -0.1) is 0 Å². The molecule has 16 heavy (non-hydrogen) atoms. The van der Waals surface area contributed by atoms with E-state index in [-0.39, 0.29) is 0 Å². The number of rotatable bonds is 4. The van der Waals surface area contributed by atoms with E-state index < -0.39 is 5.97 Å². The molecule has 1 aromatic rings. The third kappa shape index (κ3) is 3.31.